The maximum absolute atomic E-state index is 14.4. The summed E-state index contributed by atoms with van der Waals surface area (Å²) in [6, 6.07) is 6.14. The van der Waals surface area contributed by atoms with Crippen LogP contribution in [0.2, 0.25) is 0 Å². The second kappa shape index (κ2) is 6.31. The smallest absolute Gasteiger partial charge is 0.141 e. The molecule has 1 atom stereocenters. The van der Waals surface area contributed by atoms with Crippen molar-refractivity contribution in [2.75, 3.05) is 0 Å². The Morgan fingerprint density at radius 2 is 1.81 bits per heavy atom. The molecule has 0 spiro atoms. The van der Waals surface area contributed by atoms with Crippen LogP contribution in [0.1, 0.15) is 42.3 Å². The molecule has 1 heterocycles. The van der Waals surface area contributed by atoms with Crippen molar-refractivity contribution in [1.82, 2.24) is 10.3 Å². The van der Waals surface area contributed by atoms with Gasteiger partial charge >= 0.3 is 0 Å². The van der Waals surface area contributed by atoms with Crippen LogP contribution >= 0.6 is 0 Å². The summed E-state index contributed by atoms with van der Waals surface area (Å²) in [6.07, 6.45) is 1.16. The van der Waals surface area contributed by atoms with Crippen LogP contribution < -0.4 is 5.32 Å². The lowest BCUT2D eigenvalue weighted by atomic mass is 9.95. The van der Waals surface area contributed by atoms with E-state index in [4.69, 9.17) is 0 Å². The average molecular weight is 290 g/mol. The number of halogens is 2. The molecule has 0 saturated carbocycles. The van der Waals surface area contributed by atoms with Crippen LogP contribution in [0.25, 0.3) is 0 Å². The van der Waals surface area contributed by atoms with E-state index >= 15 is 0 Å². The molecule has 2 aromatic rings. The van der Waals surface area contributed by atoms with Gasteiger partial charge in [-0.25, -0.2) is 8.78 Å². The highest BCUT2D eigenvalue weighted by Crippen LogP contribution is 2.28. The molecule has 0 aliphatic carbocycles. The fourth-order valence-corrected chi connectivity index (χ4v) is 2.50. The van der Waals surface area contributed by atoms with E-state index in [0.29, 0.717) is 11.3 Å². The number of aryl methyl sites for hydroxylation is 2. The van der Waals surface area contributed by atoms with Crippen molar-refractivity contribution in [3.8, 4) is 0 Å². The number of pyridine rings is 1. The van der Waals surface area contributed by atoms with Crippen molar-refractivity contribution in [1.29, 1.82) is 0 Å². The van der Waals surface area contributed by atoms with Crippen molar-refractivity contribution in [2.24, 2.45) is 0 Å². The van der Waals surface area contributed by atoms with Gasteiger partial charge in [-0.1, -0.05) is 6.07 Å². The van der Waals surface area contributed by atoms with E-state index in [0.717, 1.165) is 17.3 Å². The van der Waals surface area contributed by atoms with Crippen molar-refractivity contribution in [3.63, 3.8) is 0 Å². The highest BCUT2D eigenvalue weighted by Gasteiger charge is 2.22. The van der Waals surface area contributed by atoms with Crippen LogP contribution in [-0.2, 0) is 0 Å². The third kappa shape index (κ3) is 3.64. The first-order valence-electron chi connectivity index (χ1n) is 7.02. The maximum atomic E-state index is 14.4. The van der Waals surface area contributed by atoms with Crippen LogP contribution in [0.4, 0.5) is 8.78 Å². The number of nitrogens with zero attached hydrogens (tertiary/aromatic N) is 1. The summed E-state index contributed by atoms with van der Waals surface area (Å²) < 4.78 is 27.5. The molecule has 21 heavy (non-hydrogen) atoms. The van der Waals surface area contributed by atoms with E-state index in [1.165, 1.54) is 12.1 Å². The Kier molecular flexibility index (Phi) is 4.68. The lowest BCUT2D eigenvalue weighted by Gasteiger charge is -2.24. The molecule has 0 bridgehead atoms. The molecular weight excluding hydrogens is 270 g/mol. The summed E-state index contributed by atoms with van der Waals surface area (Å²) in [7, 11) is 0. The van der Waals surface area contributed by atoms with E-state index in [1.807, 2.05) is 33.8 Å². The first-order chi connectivity index (χ1) is 9.88. The first kappa shape index (κ1) is 15.6. The lowest BCUT2D eigenvalue weighted by molar-refractivity contribution is 0.492. The molecule has 0 aliphatic rings. The second-order valence-corrected chi connectivity index (χ2v) is 5.63. The molecule has 4 heteroatoms. The molecule has 0 aliphatic heterocycles. The van der Waals surface area contributed by atoms with Gasteiger partial charge in [0.05, 0.1) is 17.9 Å². The van der Waals surface area contributed by atoms with Crippen molar-refractivity contribution in [2.45, 2.75) is 39.8 Å². The van der Waals surface area contributed by atoms with Crippen LogP contribution in [0.15, 0.2) is 30.5 Å². The normalized spacial score (nSPS) is 12.7. The molecule has 1 N–H and O–H groups in total. The molecule has 0 saturated heterocycles. The van der Waals surface area contributed by atoms with Crippen LogP contribution in [-0.4, -0.2) is 11.0 Å². The van der Waals surface area contributed by atoms with Gasteiger partial charge in [0.2, 0.25) is 0 Å². The minimum absolute atomic E-state index is 0.141. The topological polar surface area (TPSA) is 24.9 Å². The predicted octanol–water partition coefficient (Wildman–Crippen LogP) is 4.06. The Bertz CT molecular complexity index is 598. The lowest BCUT2D eigenvalue weighted by Crippen LogP contribution is -2.31. The molecule has 0 amide bonds. The number of nitrogens with one attached hydrogen (secondary N) is 1. The fraction of sp³-hybridized carbons (Fsp3) is 0.353. The van der Waals surface area contributed by atoms with E-state index in [9.17, 15) is 8.78 Å². The van der Waals surface area contributed by atoms with Gasteiger partial charge in [0.25, 0.3) is 0 Å². The zero-order chi connectivity index (χ0) is 15.6. The number of benzene rings is 1. The largest absolute Gasteiger partial charge is 0.303 e. The van der Waals surface area contributed by atoms with Gasteiger partial charge in [-0.15, -0.1) is 0 Å². The number of rotatable bonds is 4. The van der Waals surface area contributed by atoms with Gasteiger partial charge in [-0.2, -0.15) is 0 Å². The Balaban J connectivity index is 2.53. The van der Waals surface area contributed by atoms with Crippen molar-refractivity contribution < 1.29 is 8.78 Å². The van der Waals surface area contributed by atoms with Crippen LogP contribution in [0, 0.1) is 25.5 Å². The maximum Gasteiger partial charge on any atom is 0.141 e. The van der Waals surface area contributed by atoms with E-state index in [-0.39, 0.29) is 11.9 Å². The van der Waals surface area contributed by atoms with Gasteiger partial charge in [-0.3, -0.25) is 4.98 Å². The Hall–Kier alpha value is -1.81. The molecule has 0 radical (unpaired) electrons. The zero-order valence-corrected chi connectivity index (χ0v) is 12.7. The molecule has 112 valence electrons. The van der Waals surface area contributed by atoms with Gasteiger partial charge in [0.15, 0.2) is 0 Å². The van der Waals surface area contributed by atoms with E-state index in [1.54, 1.807) is 6.07 Å². The Labute approximate surface area is 124 Å². The minimum Gasteiger partial charge on any atom is -0.303 e. The Morgan fingerprint density at radius 3 is 2.33 bits per heavy atom. The van der Waals surface area contributed by atoms with Crippen molar-refractivity contribution >= 4 is 0 Å². The molecule has 1 unspecified atom stereocenters. The number of hydrogen-bond acceptors (Lipinski definition) is 2. The number of hydrogen-bond donors (Lipinski definition) is 1. The summed E-state index contributed by atoms with van der Waals surface area (Å²) in [5, 5.41) is 3.31. The van der Waals surface area contributed by atoms with Gasteiger partial charge in [0, 0.05) is 11.6 Å². The van der Waals surface area contributed by atoms with Gasteiger partial charge in [0.1, 0.15) is 11.6 Å². The fourth-order valence-electron chi connectivity index (χ4n) is 2.50. The monoisotopic (exact) mass is 290 g/mol. The summed E-state index contributed by atoms with van der Waals surface area (Å²) >= 11 is 0. The Morgan fingerprint density at radius 1 is 1.10 bits per heavy atom. The molecule has 2 rings (SSSR count). The SMILES string of the molecule is Cc1cc(C)c(C(NC(C)C)c2ccc(F)cn2)c(F)c1. The van der Waals surface area contributed by atoms with Gasteiger partial charge in [-0.05, 0) is 57.0 Å². The molecule has 1 aromatic carbocycles. The minimum atomic E-state index is -0.400. The summed E-state index contributed by atoms with van der Waals surface area (Å²) in [6.45, 7) is 7.71. The van der Waals surface area contributed by atoms with Crippen LogP contribution in [0.5, 0.6) is 0 Å². The van der Waals surface area contributed by atoms with Crippen LogP contribution in [0.3, 0.4) is 0 Å². The molecular formula is C17H20F2N2. The molecule has 0 fully saturated rings. The predicted molar refractivity (Wildman–Crippen MR) is 80.2 cm³/mol. The quantitative estimate of drug-likeness (QED) is 0.918. The van der Waals surface area contributed by atoms with E-state index < -0.39 is 11.9 Å². The third-order valence-corrected chi connectivity index (χ3v) is 3.32. The molecule has 2 nitrogen and oxygen atoms in total. The highest BCUT2D eigenvalue weighted by atomic mass is 19.1. The summed E-state index contributed by atoms with van der Waals surface area (Å²) in [5.74, 6) is -0.667. The van der Waals surface area contributed by atoms with Gasteiger partial charge < -0.3 is 5.32 Å². The van der Waals surface area contributed by atoms with E-state index in [2.05, 4.69) is 10.3 Å². The van der Waals surface area contributed by atoms with Crippen molar-refractivity contribution in [3.05, 3.63) is 64.5 Å². The average Bonchev–Trinajstić information content (AvgIpc) is 2.37. The molecule has 1 aromatic heterocycles. The standard InChI is InChI=1S/C17H20F2N2/c1-10(2)21-17(15-6-5-13(18)9-20-15)16-12(4)7-11(3)8-14(16)19/h5-10,17,21H,1-4H3. The second-order valence-electron chi connectivity index (χ2n) is 5.63. The summed E-state index contributed by atoms with van der Waals surface area (Å²) in [4.78, 5) is 4.11. The first-order valence-corrected chi connectivity index (χ1v) is 7.02. The third-order valence-electron chi connectivity index (χ3n) is 3.32. The number of aromatic nitrogens is 1. The zero-order valence-electron chi connectivity index (χ0n) is 12.7. The highest BCUT2D eigenvalue weighted by molar-refractivity contribution is 5.38. The summed E-state index contributed by atoms with van der Waals surface area (Å²) in [5.41, 5.74) is 2.91.